The highest BCUT2D eigenvalue weighted by atomic mass is 35.5. The second kappa shape index (κ2) is 8.91. The van der Waals surface area contributed by atoms with Crippen molar-refractivity contribution in [2.24, 2.45) is 4.40 Å². The molecule has 3 rings (SSSR count). The van der Waals surface area contributed by atoms with Crippen molar-refractivity contribution in [2.45, 2.75) is 32.6 Å². The van der Waals surface area contributed by atoms with Gasteiger partial charge in [-0.1, -0.05) is 23.2 Å². The highest BCUT2D eigenvalue weighted by Gasteiger charge is 2.19. The molecule has 0 aliphatic heterocycles. The molecule has 3 aromatic carbocycles. The van der Waals surface area contributed by atoms with E-state index in [9.17, 15) is 13.5 Å². The minimum atomic E-state index is -4.02. The van der Waals surface area contributed by atoms with Crippen molar-refractivity contribution in [1.82, 2.24) is 0 Å². The van der Waals surface area contributed by atoms with Gasteiger partial charge in [0, 0.05) is 21.3 Å². The summed E-state index contributed by atoms with van der Waals surface area (Å²) in [5.41, 5.74) is 4.25. The maximum Gasteiger partial charge on any atom is 0.284 e. The Balaban J connectivity index is 2.18. The first-order valence-corrected chi connectivity index (χ1v) is 11.6. The van der Waals surface area contributed by atoms with Gasteiger partial charge < -0.3 is 10.4 Å². The lowest BCUT2D eigenvalue weighted by molar-refractivity contribution is 0.466. The Bertz CT molecular complexity index is 1240. The number of amidine groups is 1. The topological polar surface area (TPSA) is 78.8 Å². The molecule has 162 valence electrons. The molecule has 0 fully saturated rings. The summed E-state index contributed by atoms with van der Waals surface area (Å²) in [6.07, 6.45) is 0. The average Bonchev–Trinajstić information content (AvgIpc) is 2.74. The molecule has 3 aromatic rings. The van der Waals surface area contributed by atoms with Gasteiger partial charge in [-0.05, 0) is 98.5 Å². The van der Waals surface area contributed by atoms with E-state index in [-0.39, 0.29) is 16.5 Å². The van der Waals surface area contributed by atoms with E-state index in [0.717, 1.165) is 11.1 Å². The number of anilines is 1. The van der Waals surface area contributed by atoms with E-state index in [0.29, 0.717) is 32.4 Å². The van der Waals surface area contributed by atoms with Crippen LogP contribution in [0.5, 0.6) is 5.75 Å². The molecule has 0 aliphatic carbocycles. The summed E-state index contributed by atoms with van der Waals surface area (Å²) in [7, 11) is -4.02. The summed E-state index contributed by atoms with van der Waals surface area (Å²) in [6, 6.07) is 12.5. The van der Waals surface area contributed by atoms with Crippen molar-refractivity contribution < 1.29 is 13.5 Å². The number of benzene rings is 3. The van der Waals surface area contributed by atoms with Crippen LogP contribution in [0, 0.1) is 27.7 Å². The van der Waals surface area contributed by atoms with Crippen molar-refractivity contribution in [1.29, 1.82) is 0 Å². The zero-order valence-corrected chi connectivity index (χ0v) is 19.8. The monoisotopic (exact) mass is 476 g/mol. The molecule has 8 heteroatoms. The Morgan fingerprint density at radius 2 is 1.26 bits per heavy atom. The van der Waals surface area contributed by atoms with E-state index in [2.05, 4.69) is 9.71 Å². The first-order valence-electron chi connectivity index (χ1n) is 9.44. The van der Waals surface area contributed by atoms with Crippen LogP contribution < -0.4 is 5.32 Å². The third kappa shape index (κ3) is 4.87. The van der Waals surface area contributed by atoms with Crippen molar-refractivity contribution in [3.05, 3.63) is 86.4 Å². The van der Waals surface area contributed by atoms with E-state index >= 15 is 0 Å². The number of sulfonamides is 1. The average molecular weight is 477 g/mol. The summed E-state index contributed by atoms with van der Waals surface area (Å²) < 4.78 is 30.1. The van der Waals surface area contributed by atoms with Crippen molar-refractivity contribution in [3.8, 4) is 5.75 Å². The SMILES string of the molecule is Cc1c(C)c(N/C(=N/S(=O)(=O)c2ccc(Cl)cc2)c2ccc(Cl)cc2)c(C)c(C)c1O. The molecule has 0 amide bonds. The van der Waals surface area contributed by atoms with Gasteiger partial charge in [-0.2, -0.15) is 8.42 Å². The Labute approximate surface area is 192 Å². The number of rotatable bonds is 4. The highest BCUT2D eigenvalue weighted by molar-refractivity contribution is 7.90. The highest BCUT2D eigenvalue weighted by Crippen LogP contribution is 2.35. The normalized spacial score (nSPS) is 12.1. The summed E-state index contributed by atoms with van der Waals surface area (Å²) in [4.78, 5) is 0.0247. The molecular formula is C23H22Cl2N2O3S. The second-order valence-corrected chi connectivity index (χ2v) is 9.70. The van der Waals surface area contributed by atoms with Crippen molar-refractivity contribution in [3.63, 3.8) is 0 Å². The smallest absolute Gasteiger partial charge is 0.284 e. The van der Waals surface area contributed by atoms with Crippen LogP contribution in [0.15, 0.2) is 57.8 Å². The molecule has 0 atom stereocenters. The van der Waals surface area contributed by atoms with Gasteiger partial charge in [-0.3, -0.25) is 0 Å². The van der Waals surface area contributed by atoms with Crippen LogP contribution in [0.3, 0.4) is 0 Å². The molecule has 0 unspecified atom stereocenters. The van der Waals surface area contributed by atoms with Gasteiger partial charge in [0.25, 0.3) is 10.0 Å². The third-order valence-electron chi connectivity index (χ3n) is 5.27. The van der Waals surface area contributed by atoms with Crippen LogP contribution in [-0.4, -0.2) is 19.4 Å². The Kier molecular flexibility index (Phi) is 6.65. The first kappa shape index (κ1) is 23.1. The number of hydrogen-bond donors (Lipinski definition) is 2. The van der Waals surface area contributed by atoms with Crippen molar-refractivity contribution in [2.75, 3.05) is 5.32 Å². The van der Waals surface area contributed by atoms with Gasteiger partial charge in [-0.25, -0.2) is 0 Å². The molecule has 0 saturated heterocycles. The summed E-state index contributed by atoms with van der Waals surface area (Å²) in [5, 5.41) is 14.5. The number of aromatic hydroxyl groups is 1. The van der Waals surface area contributed by atoms with E-state index in [1.54, 1.807) is 24.3 Å². The molecule has 0 aromatic heterocycles. The predicted octanol–water partition coefficient (Wildman–Crippen LogP) is 6.18. The van der Waals surface area contributed by atoms with Crippen LogP contribution in [0.1, 0.15) is 27.8 Å². The molecule has 31 heavy (non-hydrogen) atoms. The molecule has 0 spiro atoms. The van der Waals surface area contributed by atoms with Gasteiger partial charge in [-0.15, -0.1) is 4.40 Å². The molecule has 2 N–H and O–H groups in total. The summed E-state index contributed by atoms with van der Waals surface area (Å²) >= 11 is 11.9. The standard InChI is InChI=1S/C23H22Cl2N2O3S/c1-13-15(3)22(28)16(4)14(2)21(13)26-23(17-5-7-18(24)8-6-17)27-31(29,30)20-11-9-19(25)10-12-20/h5-12,28H,1-4H3,(H,26,27). The van der Waals surface area contributed by atoms with Gasteiger partial charge in [0.15, 0.2) is 5.84 Å². The van der Waals surface area contributed by atoms with E-state index < -0.39 is 10.0 Å². The Hall–Kier alpha value is -2.54. The number of halogens is 2. The summed E-state index contributed by atoms with van der Waals surface area (Å²) in [6.45, 7) is 7.34. The number of hydrogen-bond acceptors (Lipinski definition) is 3. The quantitative estimate of drug-likeness (QED) is 0.267. The van der Waals surface area contributed by atoms with Crippen molar-refractivity contribution >= 4 is 44.7 Å². The van der Waals surface area contributed by atoms with Gasteiger partial charge in [0.1, 0.15) is 5.75 Å². The van der Waals surface area contributed by atoms with Crippen LogP contribution in [0.2, 0.25) is 10.0 Å². The summed E-state index contributed by atoms with van der Waals surface area (Å²) in [5.74, 6) is 0.363. The van der Waals surface area contributed by atoms with Gasteiger partial charge in [0.2, 0.25) is 0 Å². The predicted molar refractivity (Wildman–Crippen MR) is 127 cm³/mol. The molecule has 0 saturated carbocycles. The van der Waals surface area contributed by atoms with E-state index in [4.69, 9.17) is 23.2 Å². The molecule has 0 bridgehead atoms. The van der Waals surface area contributed by atoms with Gasteiger partial charge >= 0.3 is 0 Å². The largest absolute Gasteiger partial charge is 0.507 e. The van der Waals surface area contributed by atoms with Gasteiger partial charge in [0.05, 0.1) is 4.90 Å². The Morgan fingerprint density at radius 1 is 0.806 bits per heavy atom. The van der Waals surface area contributed by atoms with E-state index in [1.807, 2.05) is 27.7 Å². The number of nitrogens with one attached hydrogen (secondary N) is 1. The number of phenolic OH excluding ortho intramolecular Hbond substituents is 1. The molecule has 0 radical (unpaired) electrons. The second-order valence-electron chi connectivity index (χ2n) is 7.22. The Morgan fingerprint density at radius 3 is 1.74 bits per heavy atom. The lowest BCUT2D eigenvalue weighted by Crippen LogP contribution is -2.18. The zero-order chi connectivity index (χ0) is 22.9. The minimum Gasteiger partial charge on any atom is -0.507 e. The van der Waals surface area contributed by atoms with E-state index in [1.165, 1.54) is 24.3 Å². The maximum absolute atomic E-state index is 13.0. The van der Waals surface area contributed by atoms with Crippen LogP contribution in [-0.2, 0) is 10.0 Å². The lowest BCUT2D eigenvalue weighted by Gasteiger charge is -2.20. The minimum absolute atomic E-state index is 0.0247. The molecule has 0 aliphatic rings. The lowest BCUT2D eigenvalue weighted by atomic mass is 9.97. The fourth-order valence-corrected chi connectivity index (χ4v) is 4.36. The maximum atomic E-state index is 13.0. The first-order chi connectivity index (χ1) is 14.5. The number of nitrogens with zero attached hydrogens (tertiary/aromatic N) is 1. The molecule has 5 nitrogen and oxygen atoms in total. The fraction of sp³-hybridized carbons (Fsp3) is 0.174. The van der Waals surface area contributed by atoms with Crippen LogP contribution in [0.4, 0.5) is 5.69 Å². The van der Waals surface area contributed by atoms with Crippen LogP contribution in [0.25, 0.3) is 0 Å². The zero-order valence-electron chi connectivity index (χ0n) is 17.5. The number of phenols is 1. The fourth-order valence-electron chi connectivity index (χ4n) is 3.13. The third-order valence-corrected chi connectivity index (χ3v) is 7.06. The molecule has 0 heterocycles. The van der Waals surface area contributed by atoms with Crippen LogP contribution >= 0.6 is 23.2 Å². The molecular weight excluding hydrogens is 455 g/mol.